The molecule has 2 aromatic carbocycles. The molecule has 6 heterocycles. The van der Waals surface area contributed by atoms with Gasteiger partial charge in [-0.05, 0) is 57.4 Å². The number of ether oxygens (including phenoxy) is 1. The third-order valence-corrected chi connectivity index (χ3v) is 12.1. The minimum atomic E-state index is -5.15. The zero-order chi connectivity index (χ0) is 39.0. The Bertz CT molecular complexity index is 2390. The van der Waals surface area contributed by atoms with Crippen molar-refractivity contribution >= 4 is 49.1 Å². The zero-order valence-electron chi connectivity index (χ0n) is 29.6. The molecule has 1 amide bonds. The summed E-state index contributed by atoms with van der Waals surface area (Å²) in [6.45, 7) is 4.91. The first kappa shape index (κ1) is 36.8. The van der Waals surface area contributed by atoms with E-state index in [1.165, 1.54) is 6.20 Å². The van der Waals surface area contributed by atoms with Crippen molar-refractivity contribution in [3.8, 4) is 23.2 Å². The Labute approximate surface area is 314 Å². The molecule has 288 valence electrons. The number of aryl methyl sites for hydroxylation is 1. The number of benzene rings is 2. The lowest BCUT2D eigenvalue weighted by atomic mass is 9.92. The Morgan fingerprint density at radius 2 is 2.04 bits per heavy atom. The van der Waals surface area contributed by atoms with Gasteiger partial charge >= 0.3 is 12.2 Å². The van der Waals surface area contributed by atoms with Gasteiger partial charge < -0.3 is 24.8 Å². The number of hydrogen-bond donors (Lipinski definition) is 1. The van der Waals surface area contributed by atoms with Crippen LogP contribution in [0.15, 0.2) is 28.9 Å². The number of anilines is 2. The van der Waals surface area contributed by atoms with Crippen LogP contribution in [0.1, 0.15) is 59.9 Å². The summed E-state index contributed by atoms with van der Waals surface area (Å²) in [7, 11) is 0. The van der Waals surface area contributed by atoms with Crippen LogP contribution in [0.25, 0.3) is 32.1 Å². The number of halogens is 6. The van der Waals surface area contributed by atoms with Gasteiger partial charge in [-0.25, -0.2) is 13.2 Å². The van der Waals surface area contributed by atoms with E-state index in [1.807, 2.05) is 11.0 Å². The minimum absolute atomic E-state index is 0.0415. The van der Waals surface area contributed by atoms with Crippen LogP contribution in [0.4, 0.5) is 37.2 Å². The molecule has 11 nitrogen and oxygen atoms in total. The quantitative estimate of drug-likeness (QED) is 0.160. The number of fused-ring (bicyclic) bond motifs is 3. The van der Waals surface area contributed by atoms with Gasteiger partial charge in [0.25, 0.3) is 5.91 Å². The average Bonchev–Trinajstić information content (AvgIpc) is 3.97. The highest BCUT2D eigenvalue weighted by Crippen LogP contribution is 2.48. The number of nitrogens with two attached hydrogens (primary N) is 1. The highest BCUT2D eigenvalue weighted by molar-refractivity contribution is 7.23. The van der Waals surface area contributed by atoms with Crippen molar-refractivity contribution in [3.05, 3.63) is 58.5 Å². The number of nitriles is 1. The molecule has 3 aliphatic heterocycles. The van der Waals surface area contributed by atoms with E-state index in [-0.39, 0.29) is 82.8 Å². The molecule has 3 fully saturated rings. The second-order valence-electron chi connectivity index (χ2n) is 14.3. The number of amides is 1. The molecule has 0 radical (unpaired) electrons. The number of carbonyl (C=O) groups is 1. The fourth-order valence-electron chi connectivity index (χ4n) is 8.52. The number of hydrogen-bond acceptors (Lipinski definition) is 11. The summed E-state index contributed by atoms with van der Waals surface area (Å²) in [5.41, 5.74) is 2.34. The number of thiophene rings is 1. The normalized spacial score (nSPS) is 21.5. The molecule has 2 N–H and O–H groups in total. The number of alkyl halides is 4. The van der Waals surface area contributed by atoms with E-state index in [1.54, 1.807) is 23.6 Å². The van der Waals surface area contributed by atoms with Crippen molar-refractivity contribution in [3.63, 3.8) is 0 Å². The SMILES string of the molecule is CCN(c1nc(OCC23CCCN2CC(F)C3)nc2c(F)c(-c3ccc(F)c4sc(N)c(C#N)c34)c(C(F)(F)F)cc12)C1CCN(C(=O)c2oncc2C)C1. The van der Waals surface area contributed by atoms with E-state index in [0.29, 0.717) is 36.3 Å². The molecule has 8 rings (SSSR count). The number of rotatable bonds is 8. The lowest BCUT2D eigenvalue weighted by Gasteiger charge is -2.32. The van der Waals surface area contributed by atoms with Crippen molar-refractivity contribution in [1.29, 1.82) is 5.26 Å². The molecule has 0 aliphatic carbocycles. The first-order chi connectivity index (χ1) is 26.2. The summed E-state index contributed by atoms with van der Waals surface area (Å²) in [6, 6.07) is 3.66. The Hall–Kier alpha value is -5.15. The number of carbonyl (C=O) groups excluding carboxylic acids is 1. The Balaban J connectivity index is 1.30. The van der Waals surface area contributed by atoms with Crippen molar-refractivity contribution in [2.75, 3.05) is 50.0 Å². The van der Waals surface area contributed by atoms with Gasteiger partial charge in [-0.1, -0.05) is 11.2 Å². The summed E-state index contributed by atoms with van der Waals surface area (Å²) < 4.78 is 104. The van der Waals surface area contributed by atoms with E-state index in [9.17, 15) is 14.4 Å². The van der Waals surface area contributed by atoms with Crippen LogP contribution in [0, 0.1) is 29.9 Å². The van der Waals surface area contributed by atoms with E-state index >= 15 is 22.0 Å². The highest BCUT2D eigenvalue weighted by Gasteiger charge is 2.49. The van der Waals surface area contributed by atoms with E-state index in [0.717, 1.165) is 24.6 Å². The molecule has 0 saturated carbocycles. The molecule has 3 atom stereocenters. The molecular formula is C37H34F6N8O3S. The summed E-state index contributed by atoms with van der Waals surface area (Å²) in [6.07, 6.45) is -2.74. The monoisotopic (exact) mass is 784 g/mol. The number of aromatic nitrogens is 3. The molecule has 3 aromatic heterocycles. The number of likely N-dealkylation sites (N-methyl/N-ethyl adjacent to an activating group) is 1. The molecule has 5 aromatic rings. The molecule has 3 saturated heterocycles. The number of nitrogen functional groups attached to an aromatic ring is 1. The van der Waals surface area contributed by atoms with Gasteiger partial charge in [0.1, 0.15) is 41.0 Å². The van der Waals surface area contributed by atoms with Gasteiger partial charge in [-0.3, -0.25) is 9.69 Å². The Kier molecular flexibility index (Phi) is 9.07. The second-order valence-corrected chi connectivity index (χ2v) is 15.3. The van der Waals surface area contributed by atoms with Crippen LogP contribution in [-0.4, -0.2) is 87.9 Å². The van der Waals surface area contributed by atoms with Crippen molar-refractivity contribution < 1.29 is 40.4 Å². The van der Waals surface area contributed by atoms with Gasteiger partial charge in [0.2, 0.25) is 5.76 Å². The number of likely N-dealkylation sites (tertiary alicyclic amines) is 1. The van der Waals surface area contributed by atoms with Gasteiger partial charge in [0.05, 0.1) is 27.6 Å². The minimum Gasteiger partial charge on any atom is -0.461 e. The van der Waals surface area contributed by atoms with Gasteiger partial charge in [0, 0.05) is 60.5 Å². The van der Waals surface area contributed by atoms with Gasteiger partial charge in [-0.15, -0.1) is 11.3 Å². The lowest BCUT2D eigenvalue weighted by molar-refractivity contribution is -0.137. The molecular weight excluding hydrogens is 751 g/mol. The van der Waals surface area contributed by atoms with Crippen molar-refractivity contribution in [1.82, 2.24) is 24.9 Å². The Morgan fingerprint density at radius 3 is 2.75 bits per heavy atom. The van der Waals surface area contributed by atoms with Crippen LogP contribution in [-0.2, 0) is 6.18 Å². The first-order valence-electron chi connectivity index (χ1n) is 17.8. The predicted octanol–water partition coefficient (Wildman–Crippen LogP) is 7.26. The summed E-state index contributed by atoms with van der Waals surface area (Å²) in [4.78, 5) is 27.5. The Morgan fingerprint density at radius 1 is 1.24 bits per heavy atom. The molecule has 0 bridgehead atoms. The lowest BCUT2D eigenvalue weighted by Crippen LogP contribution is -2.43. The average molecular weight is 785 g/mol. The fourth-order valence-corrected chi connectivity index (χ4v) is 9.47. The zero-order valence-corrected chi connectivity index (χ0v) is 30.5. The summed E-state index contributed by atoms with van der Waals surface area (Å²) in [5.74, 6) is -2.63. The van der Waals surface area contributed by atoms with Crippen molar-refractivity contribution in [2.45, 2.75) is 63.5 Å². The smallest absolute Gasteiger partial charge is 0.417 e. The maximum atomic E-state index is 17.3. The van der Waals surface area contributed by atoms with Gasteiger partial charge in [0.15, 0.2) is 5.82 Å². The van der Waals surface area contributed by atoms with Crippen molar-refractivity contribution in [2.24, 2.45) is 0 Å². The predicted molar refractivity (Wildman–Crippen MR) is 192 cm³/mol. The molecule has 55 heavy (non-hydrogen) atoms. The summed E-state index contributed by atoms with van der Waals surface area (Å²) in [5, 5.41) is 12.9. The first-order valence-corrected chi connectivity index (χ1v) is 18.6. The van der Waals surface area contributed by atoms with Crippen LogP contribution in [0.5, 0.6) is 6.01 Å². The van der Waals surface area contributed by atoms with Crippen LogP contribution in [0.3, 0.4) is 0 Å². The molecule has 3 unspecified atom stereocenters. The molecule has 3 aliphatic rings. The fraction of sp³-hybridized carbons (Fsp3) is 0.432. The van der Waals surface area contributed by atoms with E-state index in [2.05, 4.69) is 15.1 Å². The van der Waals surface area contributed by atoms with E-state index < -0.39 is 63.7 Å². The highest BCUT2D eigenvalue weighted by atomic mass is 32.1. The van der Waals surface area contributed by atoms with Crippen LogP contribution in [0.2, 0.25) is 0 Å². The largest absolute Gasteiger partial charge is 0.461 e. The van der Waals surface area contributed by atoms with Gasteiger partial charge in [-0.2, -0.15) is 28.4 Å². The maximum absolute atomic E-state index is 17.3. The van der Waals surface area contributed by atoms with Crippen LogP contribution >= 0.6 is 11.3 Å². The molecule has 0 spiro atoms. The number of nitrogens with zero attached hydrogens (tertiary/aromatic N) is 7. The third kappa shape index (κ3) is 6.08. The second kappa shape index (κ2) is 13.6. The topological polar surface area (TPSA) is 138 Å². The van der Waals surface area contributed by atoms with Crippen LogP contribution < -0.4 is 15.4 Å². The molecule has 18 heteroatoms. The maximum Gasteiger partial charge on any atom is 0.417 e. The standard InChI is InChI=1S/C37H34F6N8O3S/c1-3-51(20-7-10-49(16-20)34(52)30-18(2)14-46-54-30)33-22-11-24(37(41,42)43)27(21-5-6-25(39)31-26(21)23(13-44)32(45)55-31)28(40)29(22)47-35(48-33)53-17-36-8-4-9-50(36)15-19(38)12-36/h5-6,11,14,19-20H,3-4,7-10,12,15-17,45H2,1-2H3. The third-order valence-electron chi connectivity index (χ3n) is 11.1. The summed E-state index contributed by atoms with van der Waals surface area (Å²) >= 11 is 0.671. The van der Waals surface area contributed by atoms with E-state index in [4.69, 9.17) is 15.0 Å².